The highest BCUT2D eigenvalue weighted by atomic mass is 16.7. The van der Waals surface area contributed by atoms with Crippen LogP contribution in [0.4, 0.5) is 5.69 Å². The average molecular weight is 358 g/mol. The summed E-state index contributed by atoms with van der Waals surface area (Å²) in [6, 6.07) is 7.10. The Morgan fingerprint density at radius 2 is 1.92 bits per heavy atom. The van der Waals surface area contributed by atoms with Crippen LogP contribution in [-0.2, 0) is 9.53 Å². The molecule has 7 heteroatoms. The number of carbonyl (C=O) groups excluding carboxylic acids is 2. The van der Waals surface area contributed by atoms with Gasteiger partial charge in [-0.15, -0.1) is 0 Å². The normalized spacial score (nSPS) is 12.3. The zero-order valence-corrected chi connectivity index (χ0v) is 15.3. The molecule has 7 nitrogen and oxygen atoms in total. The van der Waals surface area contributed by atoms with Gasteiger partial charge in [-0.1, -0.05) is 0 Å². The van der Waals surface area contributed by atoms with E-state index in [1.54, 1.807) is 24.3 Å². The fraction of sp³-hybridized carbons (Fsp3) is 0.368. The van der Waals surface area contributed by atoms with Crippen LogP contribution in [-0.4, -0.2) is 29.8 Å². The van der Waals surface area contributed by atoms with Gasteiger partial charge >= 0.3 is 5.97 Å². The molecule has 0 radical (unpaired) electrons. The van der Waals surface area contributed by atoms with Crippen LogP contribution in [0.5, 0.6) is 11.5 Å². The van der Waals surface area contributed by atoms with E-state index in [2.05, 4.69) is 9.88 Å². The number of rotatable bonds is 5. The monoisotopic (exact) mass is 358 g/mol. The maximum Gasteiger partial charge on any atom is 0.340 e. The zero-order chi connectivity index (χ0) is 18.8. The smallest absolute Gasteiger partial charge is 0.340 e. The first kappa shape index (κ1) is 17.8. The molecular formula is C19H22N2O5. The van der Waals surface area contributed by atoms with Crippen molar-refractivity contribution >= 4 is 17.6 Å². The van der Waals surface area contributed by atoms with Crippen LogP contribution in [0, 0.1) is 13.8 Å². The zero-order valence-electron chi connectivity index (χ0n) is 15.3. The van der Waals surface area contributed by atoms with Gasteiger partial charge in [0.1, 0.15) is 0 Å². The Morgan fingerprint density at radius 1 is 1.19 bits per heavy atom. The Balaban J connectivity index is 1.59. The maximum atomic E-state index is 12.3. The Bertz CT molecular complexity index is 854. The molecule has 26 heavy (non-hydrogen) atoms. The van der Waals surface area contributed by atoms with Crippen molar-refractivity contribution in [1.82, 2.24) is 4.57 Å². The quantitative estimate of drug-likeness (QED) is 0.831. The fourth-order valence-electron chi connectivity index (χ4n) is 3.16. The number of nitrogens with one attached hydrogen (secondary N) is 1. The summed E-state index contributed by atoms with van der Waals surface area (Å²) < 4.78 is 17.7. The van der Waals surface area contributed by atoms with Gasteiger partial charge in [0.05, 0.1) is 5.56 Å². The molecule has 1 aromatic carbocycles. The van der Waals surface area contributed by atoms with E-state index in [-0.39, 0.29) is 19.4 Å². The third-order valence-electron chi connectivity index (χ3n) is 4.21. The molecule has 138 valence electrons. The number of anilines is 1. The molecule has 1 aliphatic rings. The largest absolute Gasteiger partial charge is 0.454 e. The van der Waals surface area contributed by atoms with Crippen molar-refractivity contribution in [1.29, 1.82) is 0 Å². The number of nitrogens with zero attached hydrogens (tertiary/aromatic N) is 1. The number of aromatic nitrogens is 1. The molecule has 0 unspecified atom stereocenters. The molecule has 0 atom stereocenters. The molecule has 0 spiro atoms. The summed E-state index contributed by atoms with van der Waals surface area (Å²) in [5, 5.41) is 2.67. The Morgan fingerprint density at radius 3 is 2.62 bits per heavy atom. The number of carbonyl (C=O) groups is 2. The van der Waals surface area contributed by atoms with E-state index in [0.29, 0.717) is 22.7 Å². The predicted octanol–water partition coefficient (Wildman–Crippen LogP) is 3.21. The Kier molecular flexibility index (Phi) is 4.88. The minimum Gasteiger partial charge on any atom is -0.454 e. The minimum atomic E-state index is -0.508. The lowest BCUT2D eigenvalue weighted by atomic mass is 10.2. The number of esters is 1. The van der Waals surface area contributed by atoms with Crippen LogP contribution in [0.25, 0.3) is 0 Å². The van der Waals surface area contributed by atoms with Crippen LogP contribution >= 0.6 is 0 Å². The lowest BCUT2D eigenvalue weighted by Gasteiger charge is -2.13. The maximum absolute atomic E-state index is 12.3. The second-order valence-electron chi connectivity index (χ2n) is 6.44. The van der Waals surface area contributed by atoms with Crippen molar-refractivity contribution in [2.75, 3.05) is 18.7 Å². The topological polar surface area (TPSA) is 78.8 Å². The minimum absolute atomic E-state index is 0.166. The third kappa shape index (κ3) is 3.51. The fourth-order valence-corrected chi connectivity index (χ4v) is 3.16. The summed E-state index contributed by atoms with van der Waals surface area (Å²) in [6.45, 7) is 7.71. The van der Waals surface area contributed by atoms with E-state index >= 15 is 0 Å². The van der Waals surface area contributed by atoms with Crippen LogP contribution in [0.1, 0.15) is 41.6 Å². The van der Waals surface area contributed by atoms with Crippen molar-refractivity contribution in [2.24, 2.45) is 0 Å². The highest BCUT2D eigenvalue weighted by molar-refractivity contribution is 5.96. The molecule has 0 saturated heterocycles. The van der Waals surface area contributed by atoms with Gasteiger partial charge < -0.3 is 24.1 Å². The predicted molar refractivity (Wildman–Crippen MR) is 95.8 cm³/mol. The average Bonchev–Trinajstić information content (AvgIpc) is 3.16. The van der Waals surface area contributed by atoms with E-state index in [9.17, 15) is 9.59 Å². The van der Waals surface area contributed by atoms with Crippen molar-refractivity contribution < 1.29 is 23.8 Å². The lowest BCUT2D eigenvalue weighted by Crippen LogP contribution is -2.21. The van der Waals surface area contributed by atoms with Crippen LogP contribution < -0.4 is 14.8 Å². The summed E-state index contributed by atoms with van der Waals surface area (Å²) in [4.78, 5) is 24.4. The molecule has 2 heterocycles. The molecule has 0 saturated carbocycles. The molecule has 1 aromatic heterocycles. The summed E-state index contributed by atoms with van der Waals surface area (Å²) in [5.74, 6) is 0.275. The van der Waals surface area contributed by atoms with Crippen molar-refractivity contribution in [3.05, 3.63) is 41.2 Å². The van der Waals surface area contributed by atoms with Gasteiger partial charge in [0.25, 0.3) is 5.91 Å². The van der Waals surface area contributed by atoms with Gasteiger partial charge in [0, 0.05) is 29.2 Å². The number of hydrogen-bond acceptors (Lipinski definition) is 5. The van der Waals surface area contributed by atoms with Crippen molar-refractivity contribution in [3.63, 3.8) is 0 Å². The number of hydrogen-bond donors (Lipinski definition) is 1. The van der Waals surface area contributed by atoms with E-state index < -0.39 is 11.9 Å². The van der Waals surface area contributed by atoms with E-state index in [1.807, 2.05) is 27.7 Å². The van der Waals surface area contributed by atoms with Gasteiger partial charge in [0.15, 0.2) is 18.1 Å². The van der Waals surface area contributed by atoms with Crippen molar-refractivity contribution in [3.8, 4) is 11.5 Å². The second kappa shape index (κ2) is 7.11. The number of fused-ring (bicyclic) bond motifs is 1. The number of ether oxygens (including phenoxy) is 3. The van der Waals surface area contributed by atoms with E-state index in [4.69, 9.17) is 14.2 Å². The third-order valence-corrected chi connectivity index (χ3v) is 4.21. The van der Waals surface area contributed by atoms with Crippen LogP contribution in [0.2, 0.25) is 0 Å². The van der Waals surface area contributed by atoms with Crippen LogP contribution in [0.3, 0.4) is 0 Å². The van der Waals surface area contributed by atoms with Crippen LogP contribution in [0.15, 0.2) is 24.3 Å². The lowest BCUT2D eigenvalue weighted by molar-refractivity contribution is -0.119. The van der Waals surface area contributed by atoms with Gasteiger partial charge in [-0.05, 0) is 45.9 Å². The van der Waals surface area contributed by atoms with Crippen molar-refractivity contribution in [2.45, 2.75) is 33.7 Å². The summed E-state index contributed by atoms with van der Waals surface area (Å²) >= 11 is 0. The molecule has 3 rings (SSSR count). The summed E-state index contributed by atoms with van der Waals surface area (Å²) in [7, 11) is 0. The summed E-state index contributed by atoms with van der Waals surface area (Å²) in [5.41, 5.74) is 2.84. The van der Waals surface area contributed by atoms with E-state index in [1.165, 1.54) is 0 Å². The highest BCUT2D eigenvalue weighted by Crippen LogP contribution is 2.34. The first-order valence-corrected chi connectivity index (χ1v) is 8.42. The van der Waals surface area contributed by atoms with Gasteiger partial charge in [-0.2, -0.15) is 0 Å². The number of aryl methyl sites for hydroxylation is 1. The van der Waals surface area contributed by atoms with Gasteiger partial charge in [-0.3, -0.25) is 4.79 Å². The molecule has 1 aliphatic heterocycles. The number of benzene rings is 1. The number of amides is 1. The molecule has 1 amide bonds. The Labute approximate surface area is 151 Å². The first-order valence-electron chi connectivity index (χ1n) is 8.42. The molecule has 0 aliphatic carbocycles. The highest BCUT2D eigenvalue weighted by Gasteiger charge is 2.19. The molecule has 0 fully saturated rings. The van der Waals surface area contributed by atoms with E-state index in [0.717, 1.165) is 11.4 Å². The van der Waals surface area contributed by atoms with Gasteiger partial charge in [0.2, 0.25) is 6.79 Å². The summed E-state index contributed by atoms with van der Waals surface area (Å²) in [6.07, 6.45) is 0. The second-order valence-corrected chi connectivity index (χ2v) is 6.44. The standard InChI is InChI=1S/C19H22N2O5/c1-11(2)21-12(3)7-15(13(21)4)19(23)24-9-18(22)20-14-5-6-16-17(8-14)26-10-25-16/h5-8,11H,9-10H2,1-4H3,(H,20,22). The molecular weight excluding hydrogens is 336 g/mol. The molecule has 1 N–H and O–H groups in total. The molecule has 2 aromatic rings. The molecule has 0 bridgehead atoms. The van der Waals surface area contributed by atoms with Gasteiger partial charge in [-0.25, -0.2) is 4.79 Å². The Hall–Kier alpha value is -2.96. The first-order chi connectivity index (χ1) is 12.4. The SMILES string of the molecule is Cc1cc(C(=O)OCC(=O)Nc2ccc3c(c2)OCO3)c(C)n1C(C)C.